The molecule has 0 aromatic heterocycles. The third kappa shape index (κ3) is 4.60. The van der Waals surface area contributed by atoms with Crippen molar-refractivity contribution in [3.05, 3.63) is 64.1 Å². The van der Waals surface area contributed by atoms with Crippen molar-refractivity contribution in [2.75, 3.05) is 5.32 Å². The molecule has 0 aliphatic rings. The van der Waals surface area contributed by atoms with Crippen LogP contribution in [-0.4, -0.2) is 6.09 Å². The van der Waals surface area contributed by atoms with E-state index in [1.807, 2.05) is 48.5 Å². The van der Waals surface area contributed by atoms with Crippen LogP contribution in [0.5, 0.6) is 0 Å². The van der Waals surface area contributed by atoms with Gasteiger partial charge in [0.1, 0.15) is 6.61 Å². The molecule has 0 heterocycles. The van der Waals surface area contributed by atoms with E-state index in [-0.39, 0.29) is 6.61 Å². The number of halogens is 1. The minimum atomic E-state index is -0.461. The molecule has 0 radical (unpaired) electrons. The summed E-state index contributed by atoms with van der Waals surface area (Å²) in [5, 5.41) is 2.74. The number of benzene rings is 2. The van der Waals surface area contributed by atoms with Gasteiger partial charge in [-0.3, -0.25) is 5.32 Å². The van der Waals surface area contributed by atoms with Gasteiger partial charge in [0.15, 0.2) is 0 Å². The fraction of sp³-hybridized carbons (Fsp3) is 0.235. The molecule has 2 aromatic carbocycles. The molecule has 3 nitrogen and oxygen atoms in total. The zero-order valence-electron chi connectivity index (χ0n) is 12.1. The Labute approximate surface area is 133 Å². The normalized spacial score (nSPS) is 10.5. The van der Waals surface area contributed by atoms with E-state index in [2.05, 4.69) is 35.1 Å². The lowest BCUT2D eigenvalue weighted by molar-refractivity contribution is 0.155. The maximum atomic E-state index is 11.8. The van der Waals surface area contributed by atoms with Crippen LogP contribution in [0.3, 0.4) is 0 Å². The molecule has 21 heavy (non-hydrogen) atoms. The fourth-order valence-corrected chi connectivity index (χ4v) is 2.36. The first-order valence-electron chi connectivity index (χ1n) is 6.83. The van der Waals surface area contributed by atoms with Gasteiger partial charge >= 0.3 is 6.09 Å². The molecular weight excluding hydrogens is 330 g/mol. The average molecular weight is 348 g/mol. The minimum absolute atomic E-state index is 0.258. The second kappa shape index (κ2) is 7.27. The van der Waals surface area contributed by atoms with Crippen molar-refractivity contribution in [2.24, 2.45) is 0 Å². The highest BCUT2D eigenvalue weighted by Crippen LogP contribution is 2.27. The van der Waals surface area contributed by atoms with Crippen molar-refractivity contribution in [3.8, 4) is 0 Å². The van der Waals surface area contributed by atoms with Gasteiger partial charge < -0.3 is 4.74 Å². The first-order valence-corrected chi connectivity index (χ1v) is 7.62. The summed E-state index contributed by atoms with van der Waals surface area (Å²) >= 11 is 3.47. The molecule has 0 bridgehead atoms. The molecule has 0 aliphatic carbocycles. The number of rotatable bonds is 4. The van der Waals surface area contributed by atoms with Gasteiger partial charge in [-0.1, -0.05) is 50.2 Å². The maximum Gasteiger partial charge on any atom is 0.411 e. The van der Waals surface area contributed by atoms with E-state index in [9.17, 15) is 4.79 Å². The van der Waals surface area contributed by atoms with Crippen LogP contribution in [0.2, 0.25) is 0 Å². The largest absolute Gasteiger partial charge is 0.444 e. The summed E-state index contributed by atoms with van der Waals surface area (Å²) < 4.78 is 6.05. The number of amides is 1. The first kappa shape index (κ1) is 15.6. The van der Waals surface area contributed by atoms with Gasteiger partial charge in [0.05, 0.1) is 5.69 Å². The van der Waals surface area contributed by atoms with E-state index < -0.39 is 6.09 Å². The monoisotopic (exact) mass is 347 g/mol. The Morgan fingerprint density at radius 1 is 1.19 bits per heavy atom. The van der Waals surface area contributed by atoms with Crippen LogP contribution in [0, 0.1) is 0 Å². The van der Waals surface area contributed by atoms with E-state index in [1.54, 1.807) is 0 Å². The zero-order chi connectivity index (χ0) is 15.2. The lowest BCUT2D eigenvalue weighted by Crippen LogP contribution is -2.14. The van der Waals surface area contributed by atoms with Crippen molar-refractivity contribution in [3.63, 3.8) is 0 Å². The highest BCUT2D eigenvalue weighted by atomic mass is 79.9. The average Bonchev–Trinajstić information content (AvgIpc) is 2.48. The van der Waals surface area contributed by atoms with Crippen LogP contribution in [0.15, 0.2) is 53.0 Å². The van der Waals surface area contributed by atoms with E-state index in [4.69, 9.17) is 4.74 Å². The molecular formula is C17H18BrNO2. The van der Waals surface area contributed by atoms with Crippen LogP contribution >= 0.6 is 15.9 Å². The van der Waals surface area contributed by atoms with Crippen LogP contribution < -0.4 is 5.32 Å². The predicted octanol–water partition coefficient (Wildman–Crippen LogP) is 5.32. The SMILES string of the molecule is CC(C)c1ccc(NC(=O)OCc2ccccc2)c(Br)c1. The van der Waals surface area contributed by atoms with E-state index in [0.29, 0.717) is 11.6 Å². The number of carbonyl (C=O) groups is 1. The van der Waals surface area contributed by atoms with Crippen LogP contribution in [-0.2, 0) is 11.3 Å². The fourth-order valence-electron chi connectivity index (χ4n) is 1.86. The Kier molecular flexibility index (Phi) is 5.39. The highest BCUT2D eigenvalue weighted by molar-refractivity contribution is 9.10. The second-order valence-electron chi connectivity index (χ2n) is 5.08. The van der Waals surface area contributed by atoms with Gasteiger partial charge in [-0.05, 0) is 45.1 Å². The first-order chi connectivity index (χ1) is 10.1. The summed E-state index contributed by atoms with van der Waals surface area (Å²) in [6.07, 6.45) is -0.461. The number of hydrogen-bond acceptors (Lipinski definition) is 2. The van der Waals surface area contributed by atoms with Crippen LogP contribution in [0.25, 0.3) is 0 Å². The van der Waals surface area contributed by atoms with Gasteiger partial charge in [-0.25, -0.2) is 4.79 Å². The predicted molar refractivity (Wildman–Crippen MR) is 88.5 cm³/mol. The lowest BCUT2D eigenvalue weighted by atomic mass is 10.0. The Hall–Kier alpha value is -1.81. The Balaban J connectivity index is 1.93. The zero-order valence-corrected chi connectivity index (χ0v) is 13.7. The summed E-state index contributed by atoms with van der Waals surface area (Å²) in [6, 6.07) is 15.5. The number of ether oxygens (including phenoxy) is 1. The van der Waals surface area contributed by atoms with Crippen LogP contribution in [0.4, 0.5) is 10.5 Å². The lowest BCUT2D eigenvalue weighted by Gasteiger charge is -2.11. The van der Waals surface area contributed by atoms with Gasteiger partial charge in [0.2, 0.25) is 0 Å². The second-order valence-corrected chi connectivity index (χ2v) is 5.94. The molecule has 0 aliphatic heterocycles. The van der Waals surface area contributed by atoms with Crippen molar-refractivity contribution >= 4 is 27.7 Å². The van der Waals surface area contributed by atoms with Crippen LogP contribution in [0.1, 0.15) is 30.9 Å². The van der Waals surface area contributed by atoms with E-state index >= 15 is 0 Å². The quantitative estimate of drug-likeness (QED) is 0.812. The van der Waals surface area contributed by atoms with Crippen molar-refractivity contribution in [1.82, 2.24) is 0 Å². The number of nitrogens with one attached hydrogen (secondary N) is 1. The van der Waals surface area contributed by atoms with Crippen molar-refractivity contribution in [1.29, 1.82) is 0 Å². The van der Waals surface area contributed by atoms with Crippen molar-refractivity contribution < 1.29 is 9.53 Å². The minimum Gasteiger partial charge on any atom is -0.444 e. The van der Waals surface area contributed by atoms with E-state index in [1.165, 1.54) is 5.56 Å². The third-order valence-electron chi connectivity index (χ3n) is 3.11. The summed E-state index contributed by atoms with van der Waals surface area (Å²) in [5.41, 5.74) is 2.88. The van der Waals surface area contributed by atoms with Gasteiger partial charge in [0.25, 0.3) is 0 Å². The third-order valence-corrected chi connectivity index (χ3v) is 3.77. The number of carbonyl (C=O) groups excluding carboxylic acids is 1. The topological polar surface area (TPSA) is 38.3 Å². The Bertz CT molecular complexity index is 611. The standard InChI is InChI=1S/C17H18BrNO2/c1-12(2)14-8-9-16(15(18)10-14)19-17(20)21-11-13-6-4-3-5-7-13/h3-10,12H,11H2,1-2H3,(H,19,20). The molecule has 0 fully saturated rings. The number of anilines is 1. The maximum absolute atomic E-state index is 11.8. The molecule has 2 rings (SSSR count). The van der Waals surface area contributed by atoms with Gasteiger partial charge in [0, 0.05) is 4.47 Å². The summed E-state index contributed by atoms with van der Waals surface area (Å²) in [4.78, 5) is 11.8. The summed E-state index contributed by atoms with van der Waals surface area (Å²) in [7, 11) is 0. The molecule has 0 saturated heterocycles. The molecule has 0 unspecified atom stereocenters. The molecule has 4 heteroatoms. The smallest absolute Gasteiger partial charge is 0.411 e. The van der Waals surface area contributed by atoms with E-state index in [0.717, 1.165) is 10.0 Å². The molecule has 110 valence electrons. The Morgan fingerprint density at radius 2 is 1.90 bits per heavy atom. The van der Waals surface area contributed by atoms with Gasteiger partial charge in [-0.2, -0.15) is 0 Å². The summed E-state index contributed by atoms with van der Waals surface area (Å²) in [6.45, 7) is 4.51. The Morgan fingerprint density at radius 3 is 2.52 bits per heavy atom. The summed E-state index contributed by atoms with van der Waals surface area (Å²) in [5.74, 6) is 0.445. The van der Waals surface area contributed by atoms with Crippen molar-refractivity contribution in [2.45, 2.75) is 26.4 Å². The molecule has 1 N–H and O–H groups in total. The van der Waals surface area contributed by atoms with Gasteiger partial charge in [-0.15, -0.1) is 0 Å². The molecule has 0 saturated carbocycles. The molecule has 1 amide bonds. The molecule has 0 spiro atoms. The molecule has 2 aromatic rings. The molecule has 0 atom stereocenters. The number of hydrogen-bond donors (Lipinski definition) is 1. The highest BCUT2D eigenvalue weighted by Gasteiger charge is 2.08.